The van der Waals surface area contributed by atoms with E-state index in [4.69, 9.17) is 58.0 Å². The predicted molar refractivity (Wildman–Crippen MR) is 155 cm³/mol. The number of aryl methyl sites for hydroxylation is 1. The molecule has 2 atom stereocenters. The fourth-order valence-electron chi connectivity index (χ4n) is 4.36. The molecule has 1 saturated carbocycles. The van der Waals surface area contributed by atoms with Crippen LogP contribution in [0.25, 0.3) is 0 Å². The van der Waals surface area contributed by atoms with Crippen molar-refractivity contribution in [2.75, 3.05) is 16.0 Å². The second-order valence-corrected chi connectivity index (χ2v) is 11.8. The van der Waals surface area contributed by atoms with Gasteiger partial charge in [-0.15, -0.1) is 23.2 Å². The molecule has 4 rings (SSSR count). The van der Waals surface area contributed by atoms with E-state index in [9.17, 15) is 14.4 Å². The van der Waals surface area contributed by atoms with E-state index in [0.717, 1.165) is 5.56 Å². The maximum atomic E-state index is 13.1. The zero-order valence-corrected chi connectivity index (χ0v) is 24.2. The summed E-state index contributed by atoms with van der Waals surface area (Å²) in [6.07, 6.45) is 0. The average Bonchev–Trinajstić information content (AvgIpc) is 3.41. The van der Waals surface area contributed by atoms with Crippen LogP contribution in [0.5, 0.6) is 0 Å². The maximum absolute atomic E-state index is 13.1. The molecule has 3 N–H and O–H groups in total. The number of nitrogens with one attached hydrogen (secondary N) is 3. The van der Waals surface area contributed by atoms with Crippen LogP contribution in [-0.2, 0) is 9.59 Å². The van der Waals surface area contributed by atoms with E-state index >= 15 is 0 Å². The molecule has 6 nitrogen and oxygen atoms in total. The molecule has 198 valence electrons. The van der Waals surface area contributed by atoms with Gasteiger partial charge in [0.05, 0.1) is 16.5 Å². The Hall–Kier alpha value is -2.48. The summed E-state index contributed by atoms with van der Waals surface area (Å²) < 4.78 is -1.35. The van der Waals surface area contributed by atoms with Crippen LogP contribution in [0.4, 0.5) is 17.1 Å². The SMILES string of the molecule is CC(=O)Nc1c(C)ccc(NC(=O)c2cc(NC(=O)[C@H]3[C@H](c4cc(Cl)cc(Cl)c4)C3(Cl)Cl)ccc2Cl)c1C. The number of hydrogen-bond donors (Lipinski definition) is 3. The minimum absolute atomic E-state index is 0.141. The van der Waals surface area contributed by atoms with Gasteiger partial charge in [0, 0.05) is 39.9 Å². The van der Waals surface area contributed by atoms with Crippen LogP contribution in [0, 0.1) is 19.8 Å². The molecular formula is C27H22Cl5N3O3. The second kappa shape index (κ2) is 10.9. The van der Waals surface area contributed by atoms with Gasteiger partial charge in [-0.05, 0) is 73.0 Å². The maximum Gasteiger partial charge on any atom is 0.257 e. The van der Waals surface area contributed by atoms with Gasteiger partial charge in [-0.1, -0.05) is 40.9 Å². The monoisotopic (exact) mass is 611 g/mol. The fraction of sp³-hybridized carbons (Fsp3) is 0.222. The minimum atomic E-state index is -1.35. The third kappa shape index (κ3) is 5.90. The largest absolute Gasteiger partial charge is 0.326 e. The summed E-state index contributed by atoms with van der Waals surface area (Å²) in [5.74, 6) is -2.43. The van der Waals surface area contributed by atoms with Crippen molar-refractivity contribution in [2.24, 2.45) is 5.92 Å². The van der Waals surface area contributed by atoms with Crippen molar-refractivity contribution in [1.82, 2.24) is 0 Å². The van der Waals surface area contributed by atoms with E-state index in [1.807, 2.05) is 6.92 Å². The van der Waals surface area contributed by atoms with Crippen LogP contribution in [0.3, 0.4) is 0 Å². The first kappa shape index (κ1) is 28.5. The molecule has 0 unspecified atom stereocenters. The summed E-state index contributed by atoms with van der Waals surface area (Å²) in [5.41, 5.74) is 3.79. The molecule has 1 fully saturated rings. The Labute approximate surface area is 244 Å². The van der Waals surface area contributed by atoms with Gasteiger partial charge in [0.25, 0.3) is 5.91 Å². The van der Waals surface area contributed by atoms with Crippen LogP contribution in [0.15, 0.2) is 48.5 Å². The highest BCUT2D eigenvalue weighted by Gasteiger charge is 2.67. The Morgan fingerprint density at radius 1 is 0.842 bits per heavy atom. The number of hydrogen-bond acceptors (Lipinski definition) is 3. The highest BCUT2D eigenvalue weighted by Crippen LogP contribution is 2.65. The minimum Gasteiger partial charge on any atom is -0.326 e. The van der Waals surface area contributed by atoms with Gasteiger partial charge >= 0.3 is 0 Å². The quantitative estimate of drug-likeness (QED) is 0.246. The normalized spacial score (nSPS) is 17.5. The van der Waals surface area contributed by atoms with Gasteiger partial charge in [-0.3, -0.25) is 14.4 Å². The average molecular weight is 614 g/mol. The summed E-state index contributed by atoms with van der Waals surface area (Å²) in [4.78, 5) is 37.8. The van der Waals surface area contributed by atoms with E-state index in [1.54, 1.807) is 43.3 Å². The topological polar surface area (TPSA) is 87.3 Å². The lowest BCUT2D eigenvalue weighted by atomic mass is 10.1. The Balaban J connectivity index is 1.53. The van der Waals surface area contributed by atoms with Crippen LogP contribution >= 0.6 is 58.0 Å². The Kier molecular flexibility index (Phi) is 8.22. The third-order valence-corrected chi connectivity index (χ3v) is 7.99. The van der Waals surface area contributed by atoms with Gasteiger partial charge < -0.3 is 16.0 Å². The third-order valence-electron chi connectivity index (χ3n) is 6.28. The van der Waals surface area contributed by atoms with Crippen LogP contribution in [-0.4, -0.2) is 22.1 Å². The molecule has 0 aromatic heterocycles. The molecule has 11 heteroatoms. The van der Waals surface area contributed by atoms with E-state index in [1.165, 1.54) is 19.1 Å². The summed E-state index contributed by atoms with van der Waals surface area (Å²) in [5, 5.41) is 9.37. The number of amides is 3. The molecule has 1 aliphatic rings. The van der Waals surface area contributed by atoms with Crippen molar-refractivity contribution in [2.45, 2.75) is 31.0 Å². The number of halogens is 5. The number of rotatable bonds is 6. The Morgan fingerprint density at radius 2 is 1.50 bits per heavy atom. The smallest absolute Gasteiger partial charge is 0.257 e. The Morgan fingerprint density at radius 3 is 2.13 bits per heavy atom. The second-order valence-electron chi connectivity index (χ2n) is 9.08. The van der Waals surface area contributed by atoms with Crippen LogP contribution in [0.1, 0.15) is 39.9 Å². The number of carbonyl (C=O) groups is 3. The van der Waals surface area contributed by atoms with E-state index < -0.39 is 28.0 Å². The first-order valence-corrected chi connectivity index (χ1v) is 13.3. The lowest BCUT2D eigenvalue weighted by molar-refractivity contribution is -0.117. The van der Waals surface area contributed by atoms with Crippen molar-refractivity contribution < 1.29 is 14.4 Å². The van der Waals surface area contributed by atoms with Crippen molar-refractivity contribution in [3.8, 4) is 0 Å². The van der Waals surface area contributed by atoms with Gasteiger partial charge in [0.15, 0.2) is 0 Å². The molecule has 1 aliphatic carbocycles. The summed E-state index contributed by atoms with van der Waals surface area (Å²) in [7, 11) is 0. The molecule has 0 bridgehead atoms. The van der Waals surface area contributed by atoms with Crippen molar-refractivity contribution in [3.63, 3.8) is 0 Å². The lowest BCUT2D eigenvalue weighted by Crippen LogP contribution is -2.18. The van der Waals surface area contributed by atoms with Crippen molar-refractivity contribution >= 4 is 92.8 Å². The first-order chi connectivity index (χ1) is 17.8. The first-order valence-electron chi connectivity index (χ1n) is 11.4. The van der Waals surface area contributed by atoms with E-state index in [0.29, 0.717) is 38.2 Å². The van der Waals surface area contributed by atoms with E-state index in [2.05, 4.69) is 16.0 Å². The molecule has 0 radical (unpaired) electrons. The molecule has 3 aromatic carbocycles. The highest BCUT2D eigenvalue weighted by molar-refractivity contribution is 6.53. The number of carbonyl (C=O) groups excluding carboxylic acids is 3. The molecule has 3 aromatic rings. The molecule has 0 aliphatic heterocycles. The molecule has 38 heavy (non-hydrogen) atoms. The summed E-state index contributed by atoms with van der Waals surface area (Å²) >= 11 is 31.4. The zero-order chi connectivity index (χ0) is 27.9. The summed E-state index contributed by atoms with van der Waals surface area (Å²) in [6, 6.07) is 13.0. The lowest BCUT2D eigenvalue weighted by Gasteiger charge is -2.16. The Bertz CT molecular complexity index is 1450. The predicted octanol–water partition coefficient (Wildman–Crippen LogP) is 8.00. The highest BCUT2D eigenvalue weighted by atomic mass is 35.5. The number of alkyl halides is 2. The fourth-order valence-corrected chi connectivity index (χ4v) is 5.93. The van der Waals surface area contributed by atoms with Crippen molar-refractivity contribution in [3.05, 3.63) is 85.9 Å². The molecule has 3 amide bonds. The standard InChI is InChI=1S/C27H22Cl5N3O3/c1-12-4-7-21(13(2)24(12)33-14(3)36)35-25(37)19-11-18(5-6-20(19)30)34-26(38)23-22(27(23,31)32)15-8-16(28)10-17(29)9-15/h4-11,22-23H,1-3H3,(H,33,36)(H,34,38)(H,35,37)/t22-,23+/m0/s1. The number of anilines is 3. The molecule has 0 saturated heterocycles. The van der Waals surface area contributed by atoms with Crippen molar-refractivity contribution in [1.29, 1.82) is 0 Å². The summed E-state index contributed by atoms with van der Waals surface area (Å²) in [6.45, 7) is 5.06. The molecular weight excluding hydrogens is 592 g/mol. The van der Waals surface area contributed by atoms with Crippen LogP contribution in [0.2, 0.25) is 15.1 Å². The van der Waals surface area contributed by atoms with Gasteiger partial charge in [-0.2, -0.15) is 0 Å². The molecule has 0 heterocycles. The van der Waals surface area contributed by atoms with E-state index in [-0.39, 0.29) is 16.5 Å². The van der Waals surface area contributed by atoms with Crippen LogP contribution < -0.4 is 16.0 Å². The van der Waals surface area contributed by atoms with Gasteiger partial charge in [0.1, 0.15) is 4.33 Å². The molecule has 0 spiro atoms. The van der Waals surface area contributed by atoms with Gasteiger partial charge in [0.2, 0.25) is 11.8 Å². The number of benzene rings is 3. The van der Waals surface area contributed by atoms with Gasteiger partial charge in [-0.25, -0.2) is 0 Å². The zero-order valence-electron chi connectivity index (χ0n) is 20.4.